The van der Waals surface area contributed by atoms with Gasteiger partial charge in [-0.15, -0.1) is 0 Å². The van der Waals surface area contributed by atoms with E-state index in [4.69, 9.17) is 0 Å². The highest BCUT2D eigenvalue weighted by Crippen LogP contribution is 2.27. The Morgan fingerprint density at radius 3 is 2.73 bits per heavy atom. The molecule has 0 spiro atoms. The van der Waals surface area contributed by atoms with Gasteiger partial charge in [0.1, 0.15) is 10.3 Å². The molecular formula is C20H17BrFN5O3. The summed E-state index contributed by atoms with van der Waals surface area (Å²) in [6.45, 7) is 2.50. The molecular weight excluding hydrogens is 457 g/mol. The lowest BCUT2D eigenvalue weighted by Gasteiger charge is -2.39. The first-order valence-corrected chi connectivity index (χ1v) is 10.0. The number of carbonyl (C=O) groups is 3. The predicted octanol–water partition coefficient (Wildman–Crippen LogP) is 2.42. The maximum Gasteiger partial charge on any atom is 0.295 e. The number of piperazine rings is 1. The number of ketones is 1. The van der Waals surface area contributed by atoms with Gasteiger partial charge in [0.05, 0.1) is 22.7 Å². The van der Waals surface area contributed by atoms with Crippen molar-refractivity contribution in [1.82, 2.24) is 24.8 Å². The van der Waals surface area contributed by atoms with Gasteiger partial charge in [0.2, 0.25) is 0 Å². The fourth-order valence-corrected chi connectivity index (χ4v) is 4.01. The van der Waals surface area contributed by atoms with Gasteiger partial charge in [-0.1, -0.05) is 6.07 Å². The summed E-state index contributed by atoms with van der Waals surface area (Å²) in [5.41, 5.74) is 0.591. The predicted molar refractivity (Wildman–Crippen MR) is 109 cm³/mol. The number of aromatic nitrogens is 3. The van der Waals surface area contributed by atoms with E-state index in [1.165, 1.54) is 11.1 Å². The van der Waals surface area contributed by atoms with Crippen molar-refractivity contribution >= 4 is 44.4 Å². The van der Waals surface area contributed by atoms with E-state index in [1.807, 2.05) is 0 Å². The second-order valence-electron chi connectivity index (χ2n) is 6.99. The van der Waals surface area contributed by atoms with E-state index in [2.05, 4.69) is 30.9 Å². The third-order valence-corrected chi connectivity index (χ3v) is 5.72. The number of carbonyl (C=O) groups excluding carboxylic acids is 3. The fraction of sp³-hybridized carbons (Fsp3) is 0.250. The van der Waals surface area contributed by atoms with Crippen LogP contribution in [0.3, 0.4) is 0 Å². The zero-order chi connectivity index (χ0) is 21.4. The maximum atomic E-state index is 14.3. The summed E-state index contributed by atoms with van der Waals surface area (Å²) >= 11 is 3.20. The number of amides is 2. The van der Waals surface area contributed by atoms with E-state index in [9.17, 15) is 18.8 Å². The first-order chi connectivity index (χ1) is 14.4. The Morgan fingerprint density at radius 2 is 2.03 bits per heavy atom. The molecule has 8 nitrogen and oxygen atoms in total. The Labute approximate surface area is 179 Å². The third kappa shape index (κ3) is 3.47. The molecule has 1 aliphatic heterocycles. The van der Waals surface area contributed by atoms with Gasteiger partial charge in [-0.05, 0) is 35.0 Å². The molecule has 1 aliphatic rings. The number of pyridine rings is 2. The summed E-state index contributed by atoms with van der Waals surface area (Å²) in [7, 11) is 0. The van der Waals surface area contributed by atoms with Gasteiger partial charge in [-0.2, -0.15) is 0 Å². The Morgan fingerprint density at radius 1 is 1.23 bits per heavy atom. The van der Waals surface area contributed by atoms with Gasteiger partial charge in [-0.3, -0.25) is 19.4 Å². The van der Waals surface area contributed by atoms with Crippen molar-refractivity contribution in [3.63, 3.8) is 0 Å². The highest BCUT2D eigenvalue weighted by molar-refractivity contribution is 9.10. The lowest BCUT2D eigenvalue weighted by Crippen LogP contribution is -2.56. The molecule has 3 aromatic rings. The number of hydrogen-bond acceptors (Lipinski definition) is 5. The monoisotopic (exact) mass is 473 g/mol. The highest BCUT2D eigenvalue weighted by atomic mass is 79.9. The van der Waals surface area contributed by atoms with Crippen LogP contribution in [-0.4, -0.2) is 68.0 Å². The molecule has 30 heavy (non-hydrogen) atoms. The molecule has 0 aliphatic carbocycles. The number of nitrogens with zero attached hydrogens (tertiary/aromatic N) is 4. The minimum atomic E-state index is -0.811. The minimum Gasteiger partial charge on any atom is -0.358 e. The van der Waals surface area contributed by atoms with E-state index >= 15 is 0 Å². The second-order valence-corrected chi connectivity index (χ2v) is 7.74. The molecule has 1 atom stereocenters. The zero-order valence-corrected chi connectivity index (χ0v) is 17.5. The average Bonchev–Trinajstić information content (AvgIpc) is 3.22. The smallest absolute Gasteiger partial charge is 0.295 e. The number of fused-ring (bicyclic) bond motifs is 1. The quantitative estimate of drug-likeness (QED) is 0.357. The van der Waals surface area contributed by atoms with E-state index in [0.29, 0.717) is 15.8 Å². The average molecular weight is 474 g/mol. The van der Waals surface area contributed by atoms with Gasteiger partial charge in [0.25, 0.3) is 17.6 Å². The van der Waals surface area contributed by atoms with Crippen LogP contribution >= 0.6 is 15.9 Å². The van der Waals surface area contributed by atoms with Crippen LogP contribution in [0.4, 0.5) is 4.39 Å². The van der Waals surface area contributed by atoms with Crippen LogP contribution in [0.2, 0.25) is 0 Å². The van der Waals surface area contributed by atoms with Crippen LogP contribution in [0, 0.1) is 5.82 Å². The van der Waals surface area contributed by atoms with Crippen molar-refractivity contribution < 1.29 is 18.8 Å². The molecule has 0 saturated carbocycles. The van der Waals surface area contributed by atoms with Crippen molar-refractivity contribution in [1.29, 1.82) is 0 Å². The number of rotatable bonds is 3. The number of halogens is 2. The minimum absolute atomic E-state index is 0.0202. The molecule has 3 aromatic heterocycles. The molecule has 4 rings (SSSR count). The van der Waals surface area contributed by atoms with Crippen molar-refractivity contribution in [3.05, 3.63) is 58.5 Å². The molecule has 0 aromatic carbocycles. The molecule has 2 amide bonds. The number of Topliss-reactive ketones (excluding diaryl/α,β-unsaturated/α-hetero) is 1. The van der Waals surface area contributed by atoms with Crippen molar-refractivity contribution in [3.8, 4) is 0 Å². The van der Waals surface area contributed by atoms with Crippen LogP contribution in [0.15, 0.2) is 41.4 Å². The molecule has 1 saturated heterocycles. The standard InChI is InChI=1S/C20H17BrFN5O3/c1-11-10-26(19(29)14-4-2-3-5-23-14)6-7-27(11)20(30)17(28)12-8-24-16-15(12)13(22)9-25-18(16)21/h2-5,8-9,11,24H,6-7,10H2,1H3. The summed E-state index contributed by atoms with van der Waals surface area (Å²) < 4.78 is 14.6. The summed E-state index contributed by atoms with van der Waals surface area (Å²) in [5.74, 6) is -2.46. The van der Waals surface area contributed by atoms with Gasteiger partial charge in [0, 0.05) is 38.1 Å². The SMILES string of the molecule is CC1CN(C(=O)c2ccccn2)CCN1C(=O)C(=O)c1c[nH]c2c(Br)ncc(F)c12. The Bertz CT molecular complexity index is 1150. The van der Waals surface area contributed by atoms with E-state index < -0.39 is 17.5 Å². The first-order valence-electron chi connectivity index (χ1n) is 9.25. The molecule has 4 heterocycles. The van der Waals surface area contributed by atoms with Crippen LogP contribution in [0.1, 0.15) is 27.8 Å². The topological polar surface area (TPSA) is 99.3 Å². The van der Waals surface area contributed by atoms with Gasteiger partial charge in [-0.25, -0.2) is 9.37 Å². The summed E-state index contributed by atoms with van der Waals surface area (Å²) in [5, 5.41) is 0.0202. The zero-order valence-electron chi connectivity index (χ0n) is 15.9. The van der Waals surface area contributed by atoms with Crippen LogP contribution in [0.5, 0.6) is 0 Å². The lowest BCUT2D eigenvalue weighted by molar-refractivity contribution is -0.130. The number of nitrogens with one attached hydrogen (secondary N) is 1. The summed E-state index contributed by atoms with van der Waals surface area (Å²) in [6.07, 6.45) is 3.85. The molecule has 10 heteroatoms. The summed E-state index contributed by atoms with van der Waals surface area (Å²) in [4.78, 5) is 52.1. The second kappa shape index (κ2) is 7.94. The van der Waals surface area contributed by atoms with Crippen molar-refractivity contribution in [2.45, 2.75) is 13.0 Å². The molecule has 1 unspecified atom stereocenters. The fourth-order valence-electron chi connectivity index (χ4n) is 3.60. The molecule has 0 bridgehead atoms. The van der Waals surface area contributed by atoms with Crippen LogP contribution in [0.25, 0.3) is 10.9 Å². The Balaban J connectivity index is 1.52. The van der Waals surface area contributed by atoms with E-state index in [-0.39, 0.29) is 42.5 Å². The van der Waals surface area contributed by atoms with Gasteiger partial charge >= 0.3 is 0 Å². The van der Waals surface area contributed by atoms with Crippen LogP contribution in [-0.2, 0) is 4.79 Å². The normalized spacial score (nSPS) is 16.7. The molecule has 154 valence electrons. The van der Waals surface area contributed by atoms with E-state index in [0.717, 1.165) is 6.20 Å². The number of hydrogen-bond donors (Lipinski definition) is 1. The number of H-pyrrole nitrogens is 1. The van der Waals surface area contributed by atoms with Crippen molar-refractivity contribution in [2.75, 3.05) is 19.6 Å². The van der Waals surface area contributed by atoms with E-state index in [1.54, 1.807) is 36.2 Å². The highest BCUT2D eigenvalue weighted by Gasteiger charge is 2.35. The van der Waals surface area contributed by atoms with Crippen LogP contribution < -0.4 is 0 Å². The maximum absolute atomic E-state index is 14.3. The largest absolute Gasteiger partial charge is 0.358 e. The summed E-state index contributed by atoms with van der Waals surface area (Å²) in [6, 6.07) is 4.71. The first kappa shape index (κ1) is 20.1. The number of aromatic amines is 1. The van der Waals surface area contributed by atoms with Gasteiger partial charge in [0.15, 0.2) is 5.82 Å². The van der Waals surface area contributed by atoms with Crippen molar-refractivity contribution in [2.24, 2.45) is 0 Å². The lowest BCUT2D eigenvalue weighted by atomic mass is 10.1. The molecule has 1 fully saturated rings. The molecule has 1 N–H and O–H groups in total. The third-order valence-electron chi connectivity index (χ3n) is 5.11. The van der Waals surface area contributed by atoms with Gasteiger partial charge < -0.3 is 14.8 Å². The molecule has 0 radical (unpaired) electrons. The Hall–Kier alpha value is -3.14. The Kier molecular flexibility index (Phi) is 5.33.